The van der Waals surface area contributed by atoms with E-state index in [0.29, 0.717) is 16.6 Å². The third-order valence-corrected chi connectivity index (χ3v) is 3.12. The molecule has 0 atom stereocenters. The van der Waals surface area contributed by atoms with Gasteiger partial charge in [0, 0.05) is 19.6 Å². The molecule has 1 rings (SSSR count). The van der Waals surface area contributed by atoms with Crippen molar-refractivity contribution >= 4 is 17.4 Å². The fourth-order valence-electron chi connectivity index (χ4n) is 1.82. The van der Waals surface area contributed by atoms with E-state index in [2.05, 4.69) is 42.7 Å². The van der Waals surface area contributed by atoms with Crippen molar-refractivity contribution in [3.63, 3.8) is 0 Å². The third-order valence-electron chi connectivity index (χ3n) is 2.78. The monoisotopic (exact) mass is 285 g/mol. The number of halogens is 1. The highest BCUT2D eigenvalue weighted by Crippen LogP contribution is 2.20. The van der Waals surface area contributed by atoms with Crippen LogP contribution in [0, 0.1) is 5.92 Å². The second-order valence-corrected chi connectivity index (χ2v) is 5.81. The molecule has 0 aliphatic heterocycles. The fourth-order valence-corrected chi connectivity index (χ4v) is 1.99. The van der Waals surface area contributed by atoms with Gasteiger partial charge in [0.15, 0.2) is 0 Å². The molecule has 4 nitrogen and oxygen atoms in total. The molecule has 0 saturated heterocycles. The van der Waals surface area contributed by atoms with Gasteiger partial charge in [0.1, 0.15) is 5.82 Å². The molecule has 1 aromatic rings. The van der Waals surface area contributed by atoms with Gasteiger partial charge in [-0.1, -0.05) is 25.4 Å². The highest BCUT2D eigenvalue weighted by molar-refractivity contribution is 6.31. The number of likely N-dealkylation sites (N-methyl/N-ethyl adjacent to an activating group) is 1. The van der Waals surface area contributed by atoms with Crippen molar-refractivity contribution in [1.82, 2.24) is 9.88 Å². The SMILES string of the molecule is CC(C)CN(CCN(C)C)c1ccc(Cl)c(CO)n1. The molecule has 1 aromatic heterocycles. The first-order chi connectivity index (χ1) is 8.93. The molecule has 0 aliphatic rings. The van der Waals surface area contributed by atoms with Crippen molar-refractivity contribution in [2.24, 2.45) is 5.92 Å². The quantitative estimate of drug-likeness (QED) is 0.834. The van der Waals surface area contributed by atoms with Crippen LogP contribution in [-0.4, -0.2) is 48.7 Å². The van der Waals surface area contributed by atoms with E-state index in [1.807, 2.05) is 6.07 Å². The second-order valence-electron chi connectivity index (χ2n) is 5.40. The lowest BCUT2D eigenvalue weighted by Crippen LogP contribution is -2.35. The molecule has 108 valence electrons. The van der Waals surface area contributed by atoms with Crippen LogP contribution in [0.5, 0.6) is 0 Å². The Morgan fingerprint density at radius 3 is 2.47 bits per heavy atom. The van der Waals surface area contributed by atoms with Crippen LogP contribution in [0.15, 0.2) is 12.1 Å². The summed E-state index contributed by atoms with van der Waals surface area (Å²) >= 11 is 5.99. The maximum atomic E-state index is 9.25. The smallest absolute Gasteiger partial charge is 0.129 e. The molecule has 0 saturated carbocycles. The zero-order chi connectivity index (χ0) is 14.4. The lowest BCUT2D eigenvalue weighted by atomic mass is 10.2. The van der Waals surface area contributed by atoms with E-state index in [-0.39, 0.29) is 6.61 Å². The van der Waals surface area contributed by atoms with Crippen molar-refractivity contribution in [2.45, 2.75) is 20.5 Å². The molecular weight excluding hydrogens is 262 g/mol. The topological polar surface area (TPSA) is 39.6 Å². The van der Waals surface area contributed by atoms with E-state index in [0.717, 1.165) is 25.5 Å². The van der Waals surface area contributed by atoms with E-state index in [9.17, 15) is 5.11 Å². The minimum atomic E-state index is -0.129. The Balaban J connectivity index is 2.89. The number of hydrogen-bond donors (Lipinski definition) is 1. The Morgan fingerprint density at radius 2 is 1.95 bits per heavy atom. The summed E-state index contributed by atoms with van der Waals surface area (Å²) in [4.78, 5) is 8.83. The highest BCUT2D eigenvalue weighted by atomic mass is 35.5. The lowest BCUT2D eigenvalue weighted by molar-refractivity contribution is 0.277. The third kappa shape index (κ3) is 5.35. The summed E-state index contributed by atoms with van der Waals surface area (Å²) in [7, 11) is 4.12. The minimum absolute atomic E-state index is 0.129. The molecular formula is C14H24ClN3O. The zero-order valence-corrected chi connectivity index (χ0v) is 13.0. The highest BCUT2D eigenvalue weighted by Gasteiger charge is 2.12. The van der Waals surface area contributed by atoms with Crippen molar-refractivity contribution in [2.75, 3.05) is 38.6 Å². The van der Waals surface area contributed by atoms with E-state index < -0.39 is 0 Å². The van der Waals surface area contributed by atoms with Gasteiger partial charge in [-0.2, -0.15) is 0 Å². The number of aliphatic hydroxyl groups is 1. The number of aliphatic hydroxyl groups excluding tert-OH is 1. The number of nitrogens with zero attached hydrogens (tertiary/aromatic N) is 3. The molecule has 0 unspecified atom stereocenters. The summed E-state index contributed by atoms with van der Waals surface area (Å²) in [6, 6.07) is 3.72. The molecule has 0 radical (unpaired) electrons. The van der Waals surface area contributed by atoms with Gasteiger partial charge in [0.2, 0.25) is 0 Å². The maximum Gasteiger partial charge on any atom is 0.129 e. The second kappa shape index (κ2) is 7.68. The Morgan fingerprint density at radius 1 is 1.26 bits per heavy atom. The van der Waals surface area contributed by atoms with Crippen LogP contribution >= 0.6 is 11.6 Å². The average Bonchev–Trinajstić information content (AvgIpc) is 2.34. The summed E-state index contributed by atoms with van der Waals surface area (Å²) < 4.78 is 0. The Bertz CT molecular complexity index is 396. The number of rotatable bonds is 7. The van der Waals surface area contributed by atoms with E-state index in [1.54, 1.807) is 6.07 Å². The van der Waals surface area contributed by atoms with Crippen molar-refractivity contribution < 1.29 is 5.11 Å². The number of hydrogen-bond acceptors (Lipinski definition) is 4. The van der Waals surface area contributed by atoms with Gasteiger partial charge in [-0.05, 0) is 32.1 Å². The molecule has 0 bridgehead atoms. The predicted molar refractivity (Wildman–Crippen MR) is 80.8 cm³/mol. The normalized spacial score (nSPS) is 11.4. The molecule has 0 spiro atoms. The predicted octanol–water partition coefficient (Wildman–Crippen LogP) is 2.25. The Kier molecular flexibility index (Phi) is 6.55. The van der Waals surface area contributed by atoms with Crippen LogP contribution in [-0.2, 0) is 6.61 Å². The van der Waals surface area contributed by atoms with Gasteiger partial charge in [0.25, 0.3) is 0 Å². The van der Waals surface area contributed by atoms with Crippen LogP contribution in [0.3, 0.4) is 0 Å². The van der Waals surface area contributed by atoms with Gasteiger partial charge >= 0.3 is 0 Å². The van der Waals surface area contributed by atoms with Crippen molar-refractivity contribution in [3.8, 4) is 0 Å². The van der Waals surface area contributed by atoms with E-state index in [4.69, 9.17) is 11.6 Å². The van der Waals surface area contributed by atoms with E-state index >= 15 is 0 Å². The first-order valence-corrected chi connectivity index (χ1v) is 6.97. The number of pyridine rings is 1. The first kappa shape index (κ1) is 16.2. The van der Waals surface area contributed by atoms with Crippen molar-refractivity contribution in [3.05, 3.63) is 22.8 Å². The molecule has 1 N–H and O–H groups in total. The Hall–Kier alpha value is -0.840. The summed E-state index contributed by atoms with van der Waals surface area (Å²) in [5.74, 6) is 1.43. The van der Waals surface area contributed by atoms with Crippen LogP contribution in [0.25, 0.3) is 0 Å². The van der Waals surface area contributed by atoms with Crippen LogP contribution < -0.4 is 4.90 Å². The van der Waals surface area contributed by atoms with Gasteiger partial charge in [-0.3, -0.25) is 0 Å². The van der Waals surface area contributed by atoms with Gasteiger partial charge in [0.05, 0.1) is 17.3 Å². The zero-order valence-electron chi connectivity index (χ0n) is 12.2. The molecule has 1 heterocycles. The molecule has 0 aliphatic carbocycles. The number of aromatic nitrogens is 1. The molecule has 0 fully saturated rings. The molecule has 0 amide bonds. The molecule has 0 aromatic carbocycles. The van der Waals surface area contributed by atoms with Crippen LogP contribution in [0.1, 0.15) is 19.5 Å². The standard InChI is InChI=1S/C14H24ClN3O/c1-11(2)9-18(8-7-17(3)4)14-6-5-12(15)13(10-19)16-14/h5-6,11,19H,7-10H2,1-4H3. The maximum absolute atomic E-state index is 9.25. The summed E-state index contributed by atoms with van der Waals surface area (Å²) in [6.45, 7) is 7.05. The van der Waals surface area contributed by atoms with Crippen LogP contribution in [0.2, 0.25) is 5.02 Å². The van der Waals surface area contributed by atoms with E-state index in [1.165, 1.54) is 0 Å². The van der Waals surface area contributed by atoms with Crippen molar-refractivity contribution in [1.29, 1.82) is 0 Å². The lowest BCUT2D eigenvalue weighted by Gasteiger charge is -2.27. The Labute approximate surface area is 121 Å². The van der Waals surface area contributed by atoms with Gasteiger partial charge in [-0.25, -0.2) is 4.98 Å². The first-order valence-electron chi connectivity index (χ1n) is 6.60. The summed E-state index contributed by atoms with van der Waals surface area (Å²) in [5.41, 5.74) is 0.540. The largest absolute Gasteiger partial charge is 0.390 e. The molecule has 19 heavy (non-hydrogen) atoms. The summed E-state index contributed by atoms with van der Waals surface area (Å²) in [5, 5.41) is 9.77. The summed E-state index contributed by atoms with van der Waals surface area (Å²) in [6.07, 6.45) is 0. The number of anilines is 1. The van der Waals surface area contributed by atoms with Crippen LogP contribution in [0.4, 0.5) is 5.82 Å². The van der Waals surface area contributed by atoms with Gasteiger partial charge in [-0.15, -0.1) is 0 Å². The molecule has 5 heteroatoms. The van der Waals surface area contributed by atoms with Gasteiger partial charge < -0.3 is 14.9 Å². The fraction of sp³-hybridized carbons (Fsp3) is 0.643. The minimum Gasteiger partial charge on any atom is -0.390 e. The average molecular weight is 286 g/mol.